The Morgan fingerprint density at radius 3 is 2.58 bits per heavy atom. The molecule has 2 N–H and O–H groups in total. The highest BCUT2D eigenvalue weighted by Gasteiger charge is 2.20. The summed E-state index contributed by atoms with van der Waals surface area (Å²) >= 11 is 5.62. The SMILES string of the molecule is CC(C)CC(CNC(=O)c1ccc(Cl)nc1)C(=O)O. The van der Waals surface area contributed by atoms with E-state index in [0.717, 1.165) is 0 Å². The van der Waals surface area contributed by atoms with Gasteiger partial charge in [0.15, 0.2) is 0 Å². The molecule has 19 heavy (non-hydrogen) atoms. The van der Waals surface area contributed by atoms with Gasteiger partial charge in [0.2, 0.25) is 0 Å². The molecule has 0 saturated heterocycles. The summed E-state index contributed by atoms with van der Waals surface area (Å²) in [6.45, 7) is 4.00. The summed E-state index contributed by atoms with van der Waals surface area (Å²) in [6.07, 6.45) is 1.88. The van der Waals surface area contributed by atoms with E-state index in [2.05, 4.69) is 10.3 Å². The summed E-state index contributed by atoms with van der Waals surface area (Å²) in [5, 5.41) is 12.0. The van der Waals surface area contributed by atoms with Crippen molar-refractivity contribution in [3.05, 3.63) is 29.0 Å². The first-order valence-electron chi connectivity index (χ1n) is 6.02. The van der Waals surface area contributed by atoms with Gasteiger partial charge in [-0.3, -0.25) is 9.59 Å². The molecule has 5 nitrogen and oxygen atoms in total. The lowest BCUT2D eigenvalue weighted by Gasteiger charge is -2.15. The third-order valence-electron chi connectivity index (χ3n) is 2.60. The molecular formula is C13H17ClN2O3. The number of halogens is 1. The van der Waals surface area contributed by atoms with Crippen LogP contribution in [0.3, 0.4) is 0 Å². The highest BCUT2D eigenvalue weighted by atomic mass is 35.5. The second-order valence-corrected chi connectivity index (χ2v) is 5.13. The minimum absolute atomic E-state index is 0.106. The number of carboxylic acid groups (broad SMARTS) is 1. The molecule has 0 saturated carbocycles. The number of pyridine rings is 1. The minimum atomic E-state index is -0.900. The monoisotopic (exact) mass is 284 g/mol. The maximum absolute atomic E-state index is 11.8. The number of amides is 1. The second kappa shape index (κ2) is 7.09. The summed E-state index contributed by atoms with van der Waals surface area (Å²) in [6, 6.07) is 3.06. The molecular weight excluding hydrogens is 268 g/mol. The third-order valence-corrected chi connectivity index (χ3v) is 2.83. The van der Waals surface area contributed by atoms with E-state index in [0.29, 0.717) is 17.1 Å². The molecule has 104 valence electrons. The van der Waals surface area contributed by atoms with Crippen LogP contribution in [0.5, 0.6) is 0 Å². The van der Waals surface area contributed by atoms with E-state index in [1.165, 1.54) is 12.3 Å². The van der Waals surface area contributed by atoms with Gasteiger partial charge in [-0.1, -0.05) is 25.4 Å². The predicted molar refractivity (Wildman–Crippen MR) is 72.2 cm³/mol. The van der Waals surface area contributed by atoms with Crippen molar-refractivity contribution >= 4 is 23.5 Å². The van der Waals surface area contributed by atoms with Gasteiger partial charge in [0.1, 0.15) is 5.15 Å². The van der Waals surface area contributed by atoms with Crippen molar-refractivity contribution in [1.82, 2.24) is 10.3 Å². The van der Waals surface area contributed by atoms with Crippen LogP contribution >= 0.6 is 11.6 Å². The highest BCUT2D eigenvalue weighted by molar-refractivity contribution is 6.29. The largest absolute Gasteiger partial charge is 0.481 e. The lowest BCUT2D eigenvalue weighted by molar-refractivity contribution is -0.142. The first-order chi connectivity index (χ1) is 8.90. The zero-order valence-corrected chi connectivity index (χ0v) is 11.6. The topological polar surface area (TPSA) is 79.3 Å². The molecule has 1 amide bonds. The number of carbonyl (C=O) groups is 2. The molecule has 0 aromatic carbocycles. The number of aliphatic carboxylic acids is 1. The summed E-state index contributed by atoms with van der Waals surface area (Å²) in [5.41, 5.74) is 0.359. The summed E-state index contributed by atoms with van der Waals surface area (Å²) < 4.78 is 0. The fourth-order valence-electron chi connectivity index (χ4n) is 1.67. The number of nitrogens with zero attached hydrogens (tertiary/aromatic N) is 1. The molecule has 1 heterocycles. The Bertz CT molecular complexity index is 446. The van der Waals surface area contributed by atoms with Gasteiger partial charge in [0.25, 0.3) is 5.91 Å². The van der Waals surface area contributed by atoms with Crippen LogP contribution in [-0.2, 0) is 4.79 Å². The Morgan fingerprint density at radius 2 is 2.11 bits per heavy atom. The van der Waals surface area contributed by atoms with Crippen molar-refractivity contribution in [2.24, 2.45) is 11.8 Å². The Morgan fingerprint density at radius 1 is 1.42 bits per heavy atom. The molecule has 0 aliphatic rings. The van der Waals surface area contributed by atoms with Crippen molar-refractivity contribution in [3.8, 4) is 0 Å². The van der Waals surface area contributed by atoms with Crippen LogP contribution < -0.4 is 5.32 Å². The molecule has 1 atom stereocenters. The molecule has 0 spiro atoms. The van der Waals surface area contributed by atoms with E-state index < -0.39 is 11.9 Å². The lowest BCUT2D eigenvalue weighted by atomic mass is 9.97. The predicted octanol–water partition coefficient (Wildman–Crippen LogP) is 2.21. The molecule has 1 aromatic rings. The Kier molecular flexibility index (Phi) is 5.76. The van der Waals surface area contributed by atoms with Gasteiger partial charge in [-0.25, -0.2) is 4.98 Å². The summed E-state index contributed by atoms with van der Waals surface area (Å²) in [5.74, 6) is -1.57. The number of aromatic nitrogens is 1. The molecule has 0 fully saturated rings. The number of carbonyl (C=O) groups excluding carboxylic acids is 1. The Hall–Kier alpha value is -1.62. The van der Waals surface area contributed by atoms with Crippen LogP contribution in [0.2, 0.25) is 5.15 Å². The maximum atomic E-state index is 11.8. The standard InChI is InChI=1S/C13H17ClN2O3/c1-8(2)5-10(13(18)19)7-16-12(17)9-3-4-11(14)15-6-9/h3-4,6,8,10H,5,7H2,1-2H3,(H,16,17)(H,18,19). The van der Waals surface area contributed by atoms with Gasteiger partial charge >= 0.3 is 5.97 Å². The zero-order chi connectivity index (χ0) is 14.4. The van der Waals surface area contributed by atoms with Crippen LogP contribution in [0, 0.1) is 11.8 Å². The van der Waals surface area contributed by atoms with E-state index in [4.69, 9.17) is 16.7 Å². The fourth-order valence-corrected chi connectivity index (χ4v) is 1.78. The van der Waals surface area contributed by atoms with E-state index in [1.54, 1.807) is 6.07 Å². The number of hydrogen-bond donors (Lipinski definition) is 2. The van der Waals surface area contributed by atoms with Crippen molar-refractivity contribution < 1.29 is 14.7 Å². The molecule has 0 bridgehead atoms. The van der Waals surface area contributed by atoms with Gasteiger partial charge in [-0.15, -0.1) is 0 Å². The Labute approximate surface area is 117 Å². The van der Waals surface area contributed by atoms with E-state index >= 15 is 0 Å². The lowest BCUT2D eigenvalue weighted by Crippen LogP contribution is -2.33. The van der Waals surface area contributed by atoms with Crippen LogP contribution in [0.15, 0.2) is 18.3 Å². The van der Waals surface area contributed by atoms with E-state index in [-0.39, 0.29) is 18.4 Å². The number of rotatable bonds is 6. The first-order valence-corrected chi connectivity index (χ1v) is 6.40. The maximum Gasteiger partial charge on any atom is 0.308 e. The van der Waals surface area contributed by atoms with Crippen molar-refractivity contribution in [3.63, 3.8) is 0 Å². The first kappa shape index (κ1) is 15.4. The smallest absolute Gasteiger partial charge is 0.308 e. The van der Waals surface area contributed by atoms with Crippen LogP contribution in [0.1, 0.15) is 30.6 Å². The molecule has 0 aliphatic carbocycles. The zero-order valence-electron chi connectivity index (χ0n) is 10.9. The normalized spacial score (nSPS) is 12.2. The average molecular weight is 285 g/mol. The van der Waals surface area contributed by atoms with Gasteiger partial charge in [0.05, 0.1) is 11.5 Å². The summed E-state index contributed by atoms with van der Waals surface area (Å²) in [4.78, 5) is 26.6. The molecule has 1 rings (SSSR count). The average Bonchev–Trinajstić information content (AvgIpc) is 2.34. The van der Waals surface area contributed by atoms with Crippen molar-refractivity contribution in [1.29, 1.82) is 0 Å². The molecule has 0 aliphatic heterocycles. The third kappa shape index (κ3) is 5.26. The van der Waals surface area contributed by atoms with Gasteiger partial charge in [0, 0.05) is 12.7 Å². The van der Waals surface area contributed by atoms with E-state index in [9.17, 15) is 9.59 Å². The quantitative estimate of drug-likeness (QED) is 0.785. The van der Waals surface area contributed by atoms with Crippen LogP contribution in [-0.4, -0.2) is 28.5 Å². The van der Waals surface area contributed by atoms with E-state index in [1.807, 2.05) is 13.8 Å². The molecule has 1 unspecified atom stereocenters. The van der Waals surface area contributed by atoms with Crippen LogP contribution in [0.25, 0.3) is 0 Å². The minimum Gasteiger partial charge on any atom is -0.481 e. The van der Waals surface area contributed by atoms with Gasteiger partial charge in [-0.05, 0) is 24.5 Å². The number of hydrogen-bond acceptors (Lipinski definition) is 3. The molecule has 0 radical (unpaired) electrons. The molecule has 6 heteroatoms. The highest BCUT2D eigenvalue weighted by Crippen LogP contribution is 2.11. The van der Waals surface area contributed by atoms with Crippen LogP contribution in [0.4, 0.5) is 0 Å². The molecule has 1 aromatic heterocycles. The van der Waals surface area contributed by atoms with Crippen molar-refractivity contribution in [2.75, 3.05) is 6.54 Å². The number of carboxylic acids is 1. The van der Waals surface area contributed by atoms with Gasteiger partial charge in [-0.2, -0.15) is 0 Å². The summed E-state index contributed by atoms with van der Waals surface area (Å²) in [7, 11) is 0. The fraction of sp³-hybridized carbons (Fsp3) is 0.462. The van der Waals surface area contributed by atoms with Crippen molar-refractivity contribution in [2.45, 2.75) is 20.3 Å². The number of nitrogens with one attached hydrogen (secondary N) is 1. The Balaban J connectivity index is 2.56. The van der Waals surface area contributed by atoms with Gasteiger partial charge < -0.3 is 10.4 Å². The second-order valence-electron chi connectivity index (χ2n) is 4.74.